The minimum Gasteiger partial charge on any atom is -0.356 e. The van der Waals surface area contributed by atoms with E-state index >= 15 is 0 Å². The molecule has 0 fully saturated rings. The molecule has 6 nitrogen and oxygen atoms in total. The molecule has 25 heavy (non-hydrogen) atoms. The number of halogens is 1. The van der Waals surface area contributed by atoms with Crippen molar-refractivity contribution in [2.75, 3.05) is 6.54 Å². The molecular formula is C18H20FN5O. The van der Waals surface area contributed by atoms with Crippen molar-refractivity contribution in [1.82, 2.24) is 24.9 Å². The van der Waals surface area contributed by atoms with Crippen LogP contribution >= 0.6 is 0 Å². The van der Waals surface area contributed by atoms with Crippen LogP contribution in [0.5, 0.6) is 0 Å². The van der Waals surface area contributed by atoms with Crippen molar-refractivity contribution in [2.45, 2.75) is 33.1 Å². The lowest BCUT2D eigenvalue weighted by molar-refractivity contribution is -0.121. The van der Waals surface area contributed by atoms with Gasteiger partial charge in [0.1, 0.15) is 12.1 Å². The molecule has 1 N–H and O–H groups in total. The first-order valence-corrected chi connectivity index (χ1v) is 8.22. The highest BCUT2D eigenvalue weighted by Crippen LogP contribution is 2.14. The van der Waals surface area contributed by atoms with Crippen molar-refractivity contribution in [3.63, 3.8) is 0 Å². The molecule has 2 heterocycles. The van der Waals surface area contributed by atoms with Crippen LogP contribution in [0, 0.1) is 19.7 Å². The Morgan fingerprint density at radius 2 is 2.04 bits per heavy atom. The summed E-state index contributed by atoms with van der Waals surface area (Å²) in [5.41, 5.74) is 3.41. The maximum absolute atomic E-state index is 13.5. The molecule has 2 aromatic heterocycles. The molecule has 0 radical (unpaired) electrons. The van der Waals surface area contributed by atoms with Gasteiger partial charge in [-0.2, -0.15) is 10.1 Å². The monoisotopic (exact) mass is 341 g/mol. The van der Waals surface area contributed by atoms with Crippen LogP contribution in [0.3, 0.4) is 0 Å². The number of hydrogen-bond donors (Lipinski definition) is 1. The van der Waals surface area contributed by atoms with Gasteiger partial charge in [-0.25, -0.2) is 13.9 Å². The second-order valence-electron chi connectivity index (χ2n) is 5.92. The Bertz CT molecular complexity index is 906. The molecule has 0 bridgehead atoms. The summed E-state index contributed by atoms with van der Waals surface area (Å²) in [6.07, 6.45) is 2.86. The predicted octanol–water partition coefficient (Wildman–Crippen LogP) is 2.17. The van der Waals surface area contributed by atoms with Gasteiger partial charge in [0.15, 0.2) is 0 Å². The van der Waals surface area contributed by atoms with Gasteiger partial charge in [-0.1, -0.05) is 18.2 Å². The number of nitrogens with one attached hydrogen (secondary N) is 1. The molecule has 0 aliphatic carbocycles. The summed E-state index contributed by atoms with van der Waals surface area (Å²) < 4.78 is 15.2. The van der Waals surface area contributed by atoms with Crippen molar-refractivity contribution in [2.24, 2.45) is 0 Å². The van der Waals surface area contributed by atoms with Crippen molar-refractivity contribution in [3.8, 4) is 0 Å². The van der Waals surface area contributed by atoms with E-state index in [9.17, 15) is 9.18 Å². The summed E-state index contributed by atoms with van der Waals surface area (Å²) in [7, 11) is 0. The van der Waals surface area contributed by atoms with Crippen LogP contribution in [-0.4, -0.2) is 32.0 Å². The van der Waals surface area contributed by atoms with E-state index in [-0.39, 0.29) is 11.7 Å². The molecule has 0 aliphatic rings. The van der Waals surface area contributed by atoms with Crippen molar-refractivity contribution in [3.05, 3.63) is 58.9 Å². The van der Waals surface area contributed by atoms with Crippen molar-refractivity contribution < 1.29 is 9.18 Å². The third-order valence-corrected chi connectivity index (χ3v) is 4.27. The first-order valence-electron chi connectivity index (χ1n) is 8.22. The molecule has 1 amide bonds. The van der Waals surface area contributed by atoms with Crippen LogP contribution in [0.1, 0.15) is 28.9 Å². The molecule has 0 saturated heterocycles. The highest BCUT2D eigenvalue weighted by Gasteiger charge is 2.12. The summed E-state index contributed by atoms with van der Waals surface area (Å²) in [6, 6.07) is 6.60. The molecule has 3 rings (SSSR count). The Kier molecular flexibility index (Phi) is 5.02. The fourth-order valence-corrected chi connectivity index (χ4v) is 2.88. The second kappa shape index (κ2) is 7.38. The fraction of sp³-hybridized carbons (Fsp3) is 0.333. The lowest BCUT2D eigenvalue weighted by Crippen LogP contribution is -2.26. The molecule has 0 atom stereocenters. The Hall–Kier alpha value is -2.83. The van der Waals surface area contributed by atoms with Gasteiger partial charge in [-0.05, 0) is 43.9 Å². The van der Waals surface area contributed by atoms with Crippen LogP contribution in [0.15, 0.2) is 30.6 Å². The molecule has 0 saturated carbocycles. The van der Waals surface area contributed by atoms with Gasteiger partial charge in [0, 0.05) is 24.4 Å². The minimum absolute atomic E-state index is 0.0613. The number of benzene rings is 1. The number of aromatic nitrogens is 4. The zero-order chi connectivity index (χ0) is 17.8. The summed E-state index contributed by atoms with van der Waals surface area (Å²) in [5, 5.41) is 6.98. The number of carbonyl (C=O) groups excluding carboxylic acids is 1. The Balaban J connectivity index is 1.55. The number of carbonyl (C=O) groups is 1. The van der Waals surface area contributed by atoms with Gasteiger partial charge >= 0.3 is 0 Å². The topological polar surface area (TPSA) is 72.2 Å². The van der Waals surface area contributed by atoms with Gasteiger partial charge in [0.05, 0.1) is 0 Å². The summed E-state index contributed by atoms with van der Waals surface area (Å²) in [4.78, 5) is 20.6. The van der Waals surface area contributed by atoms with E-state index < -0.39 is 0 Å². The zero-order valence-corrected chi connectivity index (χ0v) is 14.3. The van der Waals surface area contributed by atoms with Gasteiger partial charge in [-0.15, -0.1) is 0 Å². The number of rotatable bonds is 6. The third-order valence-electron chi connectivity index (χ3n) is 4.27. The average molecular weight is 341 g/mol. The summed E-state index contributed by atoms with van der Waals surface area (Å²) in [6.45, 7) is 4.27. The van der Waals surface area contributed by atoms with Crippen LogP contribution in [0.2, 0.25) is 0 Å². The van der Waals surface area contributed by atoms with E-state index in [1.165, 1.54) is 12.4 Å². The highest BCUT2D eigenvalue weighted by atomic mass is 19.1. The van der Waals surface area contributed by atoms with E-state index in [4.69, 9.17) is 0 Å². The normalized spacial score (nSPS) is 11.0. The highest BCUT2D eigenvalue weighted by molar-refractivity contribution is 5.76. The van der Waals surface area contributed by atoms with E-state index in [0.29, 0.717) is 37.1 Å². The Morgan fingerprint density at radius 3 is 2.84 bits per heavy atom. The summed E-state index contributed by atoms with van der Waals surface area (Å²) in [5.74, 6) is 0.261. The molecule has 1 aromatic carbocycles. The number of aryl methyl sites for hydroxylation is 2. The number of nitrogens with zero attached hydrogens (tertiary/aromatic N) is 4. The quantitative estimate of drug-likeness (QED) is 0.746. The molecule has 0 aliphatic heterocycles. The molecule has 0 spiro atoms. The van der Waals surface area contributed by atoms with Gasteiger partial charge in [0.2, 0.25) is 5.91 Å². The first kappa shape index (κ1) is 17.0. The van der Waals surface area contributed by atoms with E-state index in [2.05, 4.69) is 20.4 Å². The molecule has 0 unspecified atom stereocenters. The molecular weight excluding hydrogens is 321 g/mol. The molecule has 130 valence electrons. The Labute approximate surface area is 145 Å². The molecule has 7 heteroatoms. The largest absolute Gasteiger partial charge is 0.356 e. The second-order valence-corrected chi connectivity index (χ2v) is 5.92. The van der Waals surface area contributed by atoms with Crippen LogP contribution in [-0.2, 0) is 17.6 Å². The third kappa shape index (κ3) is 3.81. The van der Waals surface area contributed by atoms with E-state index in [1.54, 1.807) is 22.7 Å². The lowest BCUT2D eigenvalue weighted by atomic mass is 10.1. The molecule has 3 aromatic rings. The van der Waals surface area contributed by atoms with Crippen molar-refractivity contribution >= 4 is 11.7 Å². The maximum atomic E-state index is 13.5. The lowest BCUT2D eigenvalue weighted by Gasteiger charge is -2.10. The van der Waals surface area contributed by atoms with Crippen molar-refractivity contribution in [1.29, 1.82) is 0 Å². The van der Waals surface area contributed by atoms with Crippen LogP contribution < -0.4 is 5.32 Å². The number of amides is 1. The van der Waals surface area contributed by atoms with Gasteiger partial charge in [0.25, 0.3) is 5.78 Å². The van der Waals surface area contributed by atoms with Crippen LogP contribution in [0.4, 0.5) is 4.39 Å². The SMILES string of the molecule is Cc1nc2ncnn2c(C)c1CCC(=O)NCCc1ccccc1F. The maximum Gasteiger partial charge on any atom is 0.252 e. The van der Waals surface area contributed by atoms with Gasteiger partial charge in [-0.3, -0.25) is 4.79 Å². The standard InChI is InChI=1S/C18H20FN5O/c1-12-15(13(2)24-18(23-12)21-11-22-24)7-8-17(25)20-10-9-14-5-3-4-6-16(14)19/h3-6,11H,7-10H2,1-2H3,(H,20,25). The zero-order valence-electron chi connectivity index (χ0n) is 14.3. The predicted molar refractivity (Wildman–Crippen MR) is 91.7 cm³/mol. The van der Waals surface area contributed by atoms with E-state index in [0.717, 1.165) is 17.0 Å². The first-order chi connectivity index (χ1) is 12.1. The average Bonchev–Trinajstić information content (AvgIpc) is 3.05. The Morgan fingerprint density at radius 1 is 1.24 bits per heavy atom. The smallest absolute Gasteiger partial charge is 0.252 e. The fourth-order valence-electron chi connectivity index (χ4n) is 2.88. The number of fused-ring (bicyclic) bond motifs is 1. The van der Waals surface area contributed by atoms with E-state index in [1.807, 2.05) is 13.8 Å². The van der Waals surface area contributed by atoms with Crippen LogP contribution in [0.25, 0.3) is 5.78 Å². The minimum atomic E-state index is -0.241. The number of hydrogen-bond acceptors (Lipinski definition) is 4. The van der Waals surface area contributed by atoms with Gasteiger partial charge < -0.3 is 5.32 Å². The summed E-state index contributed by atoms with van der Waals surface area (Å²) >= 11 is 0.